The minimum absolute atomic E-state index is 0.0494. The molecule has 1 aliphatic heterocycles. The molecule has 0 N–H and O–H groups in total. The number of oxime groups is 1. The first kappa shape index (κ1) is 25.2. The molecule has 2 heterocycles. The third-order valence-corrected chi connectivity index (χ3v) is 7.78. The number of benzene rings is 3. The lowest BCUT2D eigenvalue weighted by Gasteiger charge is -2.26. The summed E-state index contributed by atoms with van der Waals surface area (Å²) in [6.07, 6.45) is 3.97. The van der Waals surface area contributed by atoms with E-state index in [4.69, 9.17) is 14.3 Å². The van der Waals surface area contributed by atoms with E-state index in [-0.39, 0.29) is 12.5 Å². The molecule has 6 nitrogen and oxygen atoms in total. The second-order valence-corrected chi connectivity index (χ2v) is 10.3. The number of hydrogen-bond donors (Lipinski definition) is 0. The van der Waals surface area contributed by atoms with Crippen LogP contribution in [-0.2, 0) is 21.0 Å². The Hall–Kier alpha value is -3.42. The van der Waals surface area contributed by atoms with Gasteiger partial charge in [-0.1, -0.05) is 35.5 Å². The number of carbonyl (C=O) groups is 1. The Morgan fingerprint density at radius 3 is 2.54 bits per heavy atom. The third kappa shape index (κ3) is 6.29. The van der Waals surface area contributed by atoms with Crippen molar-refractivity contribution in [3.63, 3.8) is 0 Å². The number of amides is 1. The Balaban J connectivity index is 1.21. The van der Waals surface area contributed by atoms with Gasteiger partial charge in [-0.3, -0.25) is 4.79 Å². The van der Waals surface area contributed by atoms with E-state index in [1.54, 1.807) is 18.4 Å². The molecule has 0 saturated carbocycles. The monoisotopic (exact) mass is 516 g/mol. The molecular formula is C30H32N2O4S. The molecule has 0 bridgehead atoms. The highest BCUT2D eigenvalue weighted by atomic mass is 32.1. The summed E-state index contributed by atoms with van der Waals surface area (Å²) in [5.74, 6) is 0.714. The molecule has 0 radical (unpaired) electrons. The van der Waals surface area contributed by atoms with Gasteiger partial charge >= 0.3 is 0 Å². The average molecular weight is 517 g/mol. The molecule has 1 saturated heterocycles. The van der Waals surface area contributed by atoms with E-state index in [1.165, 1.54) is 26.6 Å². The van der Waals surface area contributed by atoms with Crippen LogP contribution < -0.4 is 4.74 Å². The van der Waals surface area contributed by atoms with Gasteiger partial charge in [0.25, 0.3) is 5.91 Å². The van der Waals surface area contributed by atoms with Crippen LogP contribution in [0.3, 0.4) is 0 Å². The first-order valence-corrected chi connectivity index (χ1v) is 13.6. The van der Waals surface area contributed by atoms with Gasteiger partial charge in [0.1, 0.15) is 12.4 Å². The fraction of sp³-hybridized carbons (Fsp3) is 0.333. The molecule has 0 atom stereocenters. The standard InChI is InChI=1S/C30H32N2O4S/c1-34-18-15-27(23-10-12-24(13-11-23)35-21-30(33)32-16-5-2-6-17-32)31-36-20-22-9-14-26-25-7-3-4-8-28(25)37-29(26)19-22/h3-4,7-14,19H,2,5-6,15-18,20-21H2,1H3. The highest BCUT2D eigenvalue weighted by Gasteiger charge is 2.17. The maximum Gasteiger partial charge on any atom is 0.260 e. The summed E-state index contributed by atoms with van der Waals surface area (Å²) in [5.41, 5.74) is 2.82. The van der Waals surface area contributed by atoms with Crippen molar-refractivity contribution in [3.05, 3.63) is 77.9 Å². The molecule has 0 spiro atoms. The minimum atomic E-state index is 0.0494. The molecule has 0 unspecified atom stereocenters. The third-order valence-electron chi connectivity index (χ3n) is 6.65. The summed E-state index contributed by atoms with van der Waals surface area (Å²) in [5, 5.41) is 7.01. The van der Waals surface area contributed by atoms with E-state index in [1.807, 2.05) is 29.2 Å². The molecule has 37 heavy (non-hydrogen) atoms. The minimum Gasteiger partial charge on any atom is -0.484 e. The van der Waals surface area contributed by atoms with Crippen LogP contribution in [0.4, 0.5) is 0 Å². The Morgan fingerprint density at radius 1 is 0.946 bits per heavy atom. The van der Waals surface area contributed by atoms with Crippen LogP contribution in [0.25, 0.3) is 20.2 Å². The Kier molecular flexibility index (Phi) is 8.33. The summed E-state index contributed by atoms with van der Waals surface area (Å²) < 4.78 is 13.6. The quantitative estimate of drug-likeness (QED) is 0.181. The molecular weight excluding hydrogens is 484 g/mol. The molecule has 1 amide bonds. The highest BCUT2D eigenvalue weighted by molar-refractivity contribution is 7.25. The van der Waals surface area contributed by atoms with Gasteiger partial charge in [0.15, 0.2) is 6.61 Å². The summed E-state index contributed by atoms with van der Waals surface area (Å²) >= 11 is 1.80. The van der Waals surface area contributed by atoms with Crippen LogP contribution in [0.2, 0.25) is 0 Å². The van der Waals surface area contributed by atoms with Gasteiger partial charge in [-0.15, -0.1) is 11.3 Å². The zero-order valence-corrected chi connectivity index (χ0v) is 22.0. The van der Waals surface area contributed by atoms with Crippen molar-refractivity contribution in [2.45, 2.75) is 32.3 Å². The molecule has 1 aliphatic rings. The lowest BCUT2D eigenvalue weighted by Crippen LogP contribution is -2.38. The van der Waals surface area contributed by atoms with Gasteiger partial charge < -0.3 is 19.2 Å². The van der Waals surface area contributed by atoms with E-state index in [2.05, 4.69) is 47.6 Å². The first-order chi connectivity index (χ1) is 18.2. The van der Waals surface area contributed by atoms with Gasteiger partial charge in [0.05, 0.1) is 12.3 Å². The lowest BCUT2D eigenvalue weighted by atomic mass is 10.1. The zero-order valence-electron chi connectivity index (χ0n) is 21.2. The Morgan fingerprint density at radius 2 is 1.73 bits per heavy atom. The predicted molar refractivity (Wildman–Crippen MR) is 150 cm³/mol. The van der Waals surface area contributed by atoms with Gasteiger partial charge in [-0.25, -0.2) is 0 Å². The number of likely N-dealkylation sites (tertiary alicyclic amines) is 1. The summed E-state index contributed by atoms with van der Waals surface area (Å²) in [4.78, 5) is 20.1. The number of fused-ring (bicyclic) bond motifs is 3. The largest absolute Gasteiger partial charge is 0.484 e. The van der Waals surface area contributed by atoms with Crippen LogP contribution in [0.15, 0.2) is 71.9 Å². The molecule has 5 rings (SSSR count). The van der Waals surface area contributed by atoms with E-state index >= 15 is 0 Å². The summed E-state index contributed by atoms with van der Waals surface area (Å²) in [6.45, 7) is 2.66. The number of piperidine rings is 1. The van der Waals surface area contributed by atoms with Gasteiger partial charge in [0.2, 0.25) is 0 Å². The molecule has 3 aromatic carbocycles. The number of methoxy groups -OCH3 is 1. The van der Waals surface area contributed by atoms with Gasteiger partial charge in [0, 0.05) is 46.8 Å². The molecule has 0 aliphatic carbocycles. The summed E-state index contributed by atoms with van der Waals surface area (Å²) in [7, 11) is 1.68. The lowest BCUT2D eigenvalue weighted by molar-refractivity contribution is -0.134. The van der Waals surface area contributed by atoms with Gasteiger partial charge in [-0.05, 0) is 66.8 Å². The van der Waals surface area contributed by atoms with E-state index in [9.17, 15) is 4.79 Å². The van der Waals surface area contributed by atoms with Crippen molar-refractivity contribution in [1.29, 1.82) is 0 Å². The van der Waals surface area contributed by atoms with Gasteiger partial charge in [-0.2, -0.15) is 0 Å². The fourth-order valence-corrected chi connectivity index (χ4v) is 5.78. The first-order valence-electron chi connectivity index (χ1n) is 12.8. The van der Waals surface area contributed by atoms with Crippen LogP contribution in [-0.4, -0.2) is 49.9 Å². The Labute approximate surface area is 221 Å². The van der Waals surface area contributed by atoms with Crippen molar-refractivity contribution < 1.29 is 19.1 Å². The van der Waals surface area contributed by atoms with Crippen LogP contribution >= 0.6 is 11.3 Å². The number of carbonyl (C=O) groups excluding carboxylic acids is 1. The fourth-order valence-electron chi connectivity index (χ4n) is 4.61. The second-order valence-electron chi connectivity index (χ2n) is 9.24. The smallest absolute Gasteiger partial charge is 0.260 e. The SMILES string of the molecule is COCCC(=NOCc1ccc2c(c1)sc1ccccc12)c1ccc(OCC(=O)N2CCCCC2)cc1. The average Bonchev–Trinajstić information content (AvgIpc) is 3.32. The molecule has 192 valence electrons. The second kappa shape index (κ2) is 12.2. The van der Waals surface area contributed by atoms with Crippen molar-refractivity contribution in [3.8, 4) is 5.75 Å². The van der Waals surface area contributed by atoms with E-state index in [0.29, 0.717) is 25.4 Å². The summed E-state index contributed by atoms with van der Waals surface area (Å²) in [6, 6.07) is 22.6. The van der Waals surface area contributed by atoms with Crippen LogP contribution in [0.5, 0.6) is 5.75 Å². The molecule has 4 aromatic rings. The number of hydrogen-bond acceptors (Lipinski definition) is 6. The maximum atomic E-state index is 12.4. The van der Waals surface area contributed by atoms with Crippen molar-refractivity contribution in [1.82, 2.24) is 4.90 Å². The highest BCUT2D eigenvalue weighted by Crippen LogP contribution is 2.34. The van der Waals surface area contributed by atoms with E-state index < -0.39 is 0 Å². The van der Waals surface area contributed by atoms with Crippen LogP contribution in [0.1, 0.15) is 36.8 Å². The predicted octanol–water partition coefficient (Wildman–Crippen LogP) is 6.40. The maximum absolute atomic E-state index is 12.4. The zero-order chi connectivity index (χ0) is 25.5. The van der Waals surface area contributed by atoms with Crippen molar-refractivity contribution in [2.24, 2.45) is 5.16 Å². The molecule has 1 aromatic heterocycles. The van der Waals surface area contributed by atoms with Crippen molar-refractivity contribution in [2.75, 3.05) is 33.4 Å². The number of rotatable bonds is 10. The van der Waals surface area contributed by atoms with E-state index in [0.717, 1.165) is 42.8 Å². The van der Waals surface area contributed by atoms with Crippen LogP contribution in [0, 0.1) is 0 Å². The molecule has 7 heteroatoms. The number of thiophene rings is 1. The molecule has 1 fully saturated rings. The van der Waals surface area contributed by atoms with Crippen molar-refractivity contribution >= 4 is 43.1 Å². The number of nitrogens with zero attached hydrogens (tertiary/aromatic N) is 2. The Bertz CT molecular complexity index is 1370. The normalized spacial score (nSPS) is 14.3. The topological polar surface area (TPSA) is 60.4 Å². The number of ether oxygens (including phenoxy) is 2.